The lowest BCUT2D eigenvalue weighted by Crippen LogP contribution is -2.44. The third-order valence-electron chi connectivity index (χ3n) is 2.09. The predicted octanol–water partition coefficient (Wildman–Crippen LogP) is 3.11. The van der Waals surface area contributed by atoms with Crippen LogP contribution in [0, 0.1) is 5.92 Å². The summed E-state index contributed by atoms with van der Waals surface area (Å²) in [4.78, 5) is 23.2. The number of hydrogen-bond acceptors (Lipinski definition) is 3. The first-order chi connectivity index (χ1) is 7.82. The summed E-state index contributed by atoms with van der Waals surface area (Å²) >= 11 is 7.81. The summed E-state index contributed by atoms with van der Waals surface area (Å²) in [5.41, 5.74) is 0. The Morgan fingerprint density at radius 1 is 1.41 bits per heavy atom. The minimum atomic E-state index is -1.02. The van der Waals surface area contributed by atoms with E-state index in [2.05, 4.69) is 37.2 Å². The topological polar surface area (TPSA) is 66.4 Å². The summed E-state index contributed by atoms with van der Waals surface area (Å²) in [5, 5.41) is 11.5. The second kappa shape index (κ2) is 5.97. The van der Waals surface area contributed by atoms with Gasteiger partial charge in [0.1, 0.15) is 6.04 Å². The number of amides is 1. The summed E-state index contributed by atoms with van der Waals surface area (Å²) in [6, 6.07) is 0.783. The van der Waals surface area contributed by atoms with Crippen molar-refractivity contribution in [2.24, 2.45) is 5.92 Å². The van der Waals surface area contributed by atoms with E-state index in [0.717, 1.165) is 8.26 Å². The SMILES string of the molecule is CC(C)[C@H](NC(=O)c1cc(Br)c(Br)s1)C(=O)O. The molecule has 1 aromatic rings. The number of hydrogen-bond donors (Lipinski definition) is 2. The molecule has 1 atom stereocenters. The van der Waals surface area contributed by atoms with Gasteiger partial charge in [-0.25, -0.2) is 4.79 Å². The van der Waals surface area contributed by atoms with Gasteiger partial charge in [0.25, 0.3) is 5.91 Å². The van der Waals surface area contributed by atoms with Crippen molar-refractivity contribution in [2.45, 2.75) is 19.9 Å². The second-order valence-electron chi connectivity index (χ2n) is 3.77. The third-order valence-corrected chi connectivity index (χ3v) is 5.34. The van der Waals surface area contributed by atoms with Gasteiger partial charge in [-0.05, 0) is 43.8 Å². The number of carbonyl (C=O) groups excluding carboxylic acids is 1. The molecule has 1 amide bonds. The molecule has 7 heteroatoms. The maximum Gasteiger partial charge on any atom is 0.326 e. The van der Waals surface area contributed by atoms with Crippen LogP contribution in [0.5, 0.6) is 0 Å². The van der Waals surface area contributed by atoms with Crippen molar-refractivity contribution in [1.82, 2.24) is 5.32 Å². The fourth-order valence-corrected chi connectivity index (χ4v) is 3.12. The standard InChI is InChI=1S/C10H11Br2NO3S/c1-4(2)7(10(15)16)13-9(14)6-3-5(11)8(12)17-6/h3-4,7H,1-2H3,(H,13,14)(H,15,16)/t7-/m0/s1. The number of carboxylic acids is 1. The summed E-state index contributed by atoms with van der Waals surface area (Å²) < 4.78 is 1.59. The van der Waals surface area contributed by atoms with Crippen LogP contribution >= 0.6 is 43.2 Å². The average Bonchev–Trinajstić information content (AvgIpc) is 2.54. The molecule has 0 aromatic carbocycles. The van der Waals surface area contributed by atoms with Gasteiger partial charge in [-0.15, -0.1) is 11.3 Å². The van der Waals surface area contributed by atoms with Crippen LogP contribution in [0.25, 0.3) is 0 Å². The molecule has 0 aliphatic heterocycles. The molecule has 0 fully saturated rings. The molecule has 1 aromatic heterocycles. The normalized spacial score (nSPS) is 12.5. The van der Waals surface area contributed by atoms with E-state index in [1.807, 2.05) is 0 Å². The fraction of sp³-hybridized carbons (Fsp3) is 0.400. The van der Waals surface area contributed by atoms with Gasteiger partial charge in [-0.1, -0.05) is 13.8 Å². The number of halogens is 2. The number of aliphatic carboxylic acids is 1. The smallest absolute Gasteiger partial charge is 0.326 e. The van der Waals surface area contributed by atoms with Gasteiger partial charge in [-0.2, -0.15) is 0 Å². The Hall–Kier alpha value is -0.400. The summed E-state index contributed by atoms with van der Waals surface area (Å²) in [5.74, 6) is -1.56. The van der Waals surface area contributed by atoms with Gasteiger partial charge < -0.3 is 10.4 Å². The van der Waals surface area contributed by atoms with Crippen LogP contribution in [0.4, 0.5) is 0 Å². The highest BCUT2D eigenvalue weighted by Gasteiger charge is 2.24. The van der Waals surface area contributed by atoms with Gasteiger partial charge in [-0.3, -0.25) is 4.79 Å². The van der Waals surface area contributed by atoms with Crippen LogP contribution in [0.3, 0.4) is 0 Å². The monoisotopic (exact) mass is 383 g/mol. The first-order valence-electron chi connectivity index (χ1n) is 4.81. The summed E-state index contributed by atoms with van der Waals surface area (Å²) in [7, 11) is 0. The first kappa shape index (κ1) is 14.7. The van der Waals surface area contributed by atoms with Crippen LogP contribution in [-0.4, -0.2) is 23.0 Å². The fourth-order valence-electron chi connectivity index (χ4n) is 1.18. The van der Waals surface area contributed by atoms with Crippen molar-refractivity contribution in [3.8, 4) is 0 Å². The van der Waals surface area contributed by atoms with Crippen LogP contribution < -0.4 is 5.32 Å². The molecular formula is C10H11Br2NO3S. The molecule has 0 aliphatic carbocycles. The van der Waals surface area contributed by atoms with Gasteiger partial charge in [0, 0.05) is 4.47 Å². The van der Waals surface area contributed by atoms with E-state index in [9.17, 15) is 9.59 Å². The van der Waals surface area contributed by atoms with Gasteiger partial charge >= 0.3 is 5.97 Å². The number of rotatable bonds is 4. The molecule has 17 heavy (non-hydrogen) atoms. The quantitative estimate of drug-likeness (QED) is 0.837. The van der Waals surface area contributed by atoms with Crippen LogP contribution in [0.15, 0.2) is 14.3 Å². The highest BCUT2D eigenvalue weighted by Crippen LogP contribution is 2.32. The zero-order chi connectivity index (χ0) is 13.2. The number of thiophene rings is 1. The molecular weight excluding hydrogens is 374 g/mol. The van der Waals surface area contributed by atoms with Gasteiger partial charge in [0.2, 0.25) is 0 Å². The van der Waals surface area contributed by atoms with E-state index >= 15 is 0 Å². The van der Waals surface area contributed by atoms with E-state index in [0.29, 0.717) is 4.88 Å². The Morgan fingerprint density at radius 2 is 2.00 bits per heavy atom. The van der Waals surface area contributed by atoms with Crippen LogP contribution in [0.1, 0.15) is 23.5 Å². The van der Waals surface area contributed by atoms with Crippen LogP contribution in [0.2, 0.25) is 0 Å². The van der Waals surface area contributed by atoms with Crippen molar-refractivity contribution in [3.63, 3.8) is 0 Å². The minimum Gasteiger partial charge on any atom is -0.480 e. The Balaban J connectivity index is 2.81. The molecule has 0 saturated carbocycles. The highest BCUT2D eigenvalue weighted by molar-refractivity contribution is 9.13. The molecule has 0 saturated heterocycles. The summed E-state index contributed by atoms with van der Waals surface area (Å²) in [6.07, 6.45) is 0. The zero-order valence-electron chi connectivity index (χ0n) is 9.16. The molecule has 94 valence electrons. The molecule has 1 rings (SSSR count). The molecule has 1 heterocycles. The Morgan fingerprint density at radius 3 is 2.35 bits per heavy atom. The van der Waals surface area contributed by atoms with E-state index in [-0.39, 0.29) is 11.8 Å². The Kier molecular flexibility index (Phi) is 5.15. The van der Waals surface area contributed by atoms with Gasteiger partial charge in [0.15, 0.2) is 0 Å². The highest BCUT2D eigenvalue weighted by atomic mass is 79.9. The van der Waals surface area contributed by atoms with Crippen molar-refractivity contribution in [3.05, 3.63) is 19.2 Å². The molecule has 0 unspecified atom stereocenters. The van der Waals surface area contributed by atoms with Gasteiger partial charge in [0.05, 0.1) is 8.66 Å². The maximum atomic E-state index is 11.8. The zero-order valence-corrected chi connectivity index (χ0v) is 13.1. The predicted molar refractivity (Wildman–Crippen MR) is 73.4 cm³/mol. The molecule has 0 bridgehead atoms. The molecule has 2 N–H and O–H groups in total. The lowest BCUT2D eigenvalue weighted by atomic mass is 10.0. The molecule has 4 nitrogen and oxygen atoms in total. The lowest BCUT2D eigenvalue weighted by Gasteiger charge is -2.17. The van der Waals surface area contributed by atoms with E-state index < -0.39 is 12.0 Å². The molecule has 0 radical (unpaired) electrons. The first-order valence-corrected chi connectivity index (χ1v) is 7.21. The van der Waals surface area contributed by atoms with Crippen molar-refractivity contribution < 1.29 is 14.7 Å². The number of carboxylic acid groups (broad SMARTS) is 1. The van der Waals surface area contributed by atoms with E-state index in [4.69, 9.17) is 5.11 Å². The summed E-state index contributed by atoms with van der Waals surface area (Å²) in [6.45, 7) is 3.50. The van der Waals surface area contributed by atoms with E-state index in [1.165, 1.54) is 11.3 Å². The van der Waals surface area contributed by atoms with Crippen molar-refractivity contribution >= 4 is 55.1 Å². The van der Waals surface area contributed by atoms with Crippen LogP contribution in [-0.2, 0) is 4.79 Å². The minimum absolute atomic E-state index is 0.164. The largest absolute Gasteiger partial charge is 0.480 e. The maximum absolute atomic E-state index is 11.8. The van der Waals surface area contributed by atoms with Crippen molar-refractivity contribution in [1.29, 1.82) is 0 Å². The number of carbonyl (C=O) groups is 2. The second-order valence-corrected chi connectivity index (χ2v) is 6.99. The number of nitrogens with one attached hydrogen (secondary N) is 1. The Labute approximate surface area is 120 Å². The Bertz CT molecular complexity index is 425. The van der Waals surface area contributed by atoms with Crippen molar-refractivity contribution in [2.75, 3.05) is 0 Å². The third kappa shape index (κ3) is 3.79. The average molecular weight is 385 g/mol. The molecule has 0 spiro atoms. The van der Waals surface area contributed by atoms with E-state index in [1.54, 1.807) is 19.9 Å². The molecule has 0 aliphatic rings. The lowest BCUT2D eigenvalue weighted by molar-refractivity contribution is -0.140.